The molecule has 1 fully saturated rings. The number of hydrogen-bond acceptors (Lipinski definition) is 4. The number of aliphatic hydroxyl groups is 1. The van der Waals surface area contributed by atoms with E-state index < -0.39 is 6.61 Å². The van der Waals surface area contributed by atoms with Crippen molar-refractivity contribution in [1.82, 2.24) is 4.90 Å². The molecular formula is C15H21F2NO3. The molecule has 1 atom stereocenters. The first-order valence-corrected chi connectivity index (χ1v) is 7.10. The smallest absolute Gasteiger partial charge is 0.387 e. The van der Waals surface area contributed by atoms with Gasteiger partial charge < -0.3 is 14.6 Å². The normalized spacial score (nSPS) is 19.8. The van der Waals surface area contributed by atoms with Gasteiger partial charge in [-0.3, -0.25) is 4.90 Å². The van der Waals surface area contributed by atoms with Gasteiger partial charge in [0.1, 0.15) is 0 Å². The summed E-state index contributed by atoms with van der Waals surface area (Å²) in [6.07, 6.45) is 3.23. The molecular weight excluding hydrogens is 280 g/mol. The zero-order valence-corrected chi connectivity index (χ0v) is 12.1. The van der Waals surface area contributed by atoms with Crippen LogP contribution in [0.2, 0.25) is 0 Å². The number of hydrogen-bond donors (Lipinski definition) is 1. The van der Waals surface area contributed by atoms with Crippen molar-refractivity contribution in [2.45, 2.75) is 38.5 Å². The van der Waals surface area contributed by atoms with E-state index in [4.69, 9.17) is 4.74 Å². The highest BCUT2D eigenvalue weighted by Gasteiger charge is 2.22. The summed E-state index contributed by atoms with van der Waals surface area (Å²) in [4.78, 5) is 2.21. The first-order chi connectivity index (χ1) is 10.1. The highest BCUT2D eigenvalue weighted by molar-refractivity contribution is 5.43. The van der Waals surface area contributed by atoms with Crippen LogP contribution < -0.4 is 9.47 Å². The zero-order valence-electron chi connectivity index (χ0n) is 12.1. The molecule has 0 aromatic heterocycles. The highest BCUT2D eigenvalue weighted by atomic mass is 19.3. The van der Waals surface area contributed by atoms with Crippen LogP contribution in [-0.2, 0) is 6.54 Å². The molecule has 1 aromatic rings. The number of alkyl halides is 2. The van der Waals surface area contributed by atoms with Crippen LogP contribution in [0, 0.1) is 0 Å². The molecule has 1 aromatic carbocycles. The average molecular weight is 301 g/mol. The lowest BCUT2D eigenvalue weighted by molar-refractivity contribution is -0.0512. The van der Waals surface area contributed by atoms with Crippen LogP contribution in [0.15, 0.2) is 18.2 Å². The number of halogens is 2. The van der Waals surface area contributed by atoms with Gasteiger partial charge in [0.05, 0.1) is 13.7 Å². The number of methoxy groups -OCH3 is 1. The van der Waals surface area contributed by atoms with Crippen molar-refractivity contribution < 1.29 is 23.4 Å². The van der Waals surface area contributed by atoms with E-state index in [0.717, 1.165) is 31.4 Å². The second-order valence-electron chi connectivity index (χ2n) is 5.17. The lowest BCUT2D eigenvalue weighted by Gasteiger charge is -2.34. The van der Waals surface area contributed by atoms with E-state index in [1.54, 1.807) is 12.1 Å². The van der Waals surface area contributed by atoms with E-state index in [-0.39, 0.29) is 18.4 Å². The predicted molar refractivity (Wildman–Crippen MR) is 74.8 cm³/mol. The van der Waals surface area contributed by atoms with Gasteiger partial charge in [-0.15, -0.1) is 0 Å². The van der Waals surface area contributed by atoms with Crippen LogP contribution in [0.4, 0.5) is 8.78 Å². The van der Waals surface area contributed by atoms with Crippen molar-refractivity contribution in [3.63, 3.8) is 0 Å². The minimum Gasteiger partial charge on any atom is -0.493 e. The van der Waals surface area contributed by atoms with Gasteiger partial charge in [-0.2, -0.15) is 8.78 Å². The topological polar surface area (TPSA) is 41.9 Å². The third-order valence-electron chi connectivity index (χ3n) is 3.79. The van der Waals surface area contributed by atoms with Crippen LogP contribution in [-0.4, -0.2) is 42.9 Å². The molecule has 1 aliphatic heterocycles. The number of ether oxygens (including phenoxy) is 2. The minimum absolute atomic E-state index is 0.0357. The van der Waals surface area contributed by atoms with Gasteiger partial charge in [-0.25, -0.2) is 0 Å². The molecule has 4 nitrogen and oxygen atoms in total. The van der Waals surface area contributed by atoms with Crippen molar-refractivity contribution >= 4 is 0 Å². The zero-order chi connectivity index (χ0) is 15.2. The number of piperidine rings is 1. The first-order valence-electron chi connectivity index (χ1n) is 7.10. The number of nitrogens with zero attached hydrogens (tertiary/aromatic N) is 1. The molecule has 1 saturated heterocycles. The lowest BCUT2D eigenvalue weighted by atomic mass is 10.0. The predicted octanol–water partition coefficient (Wildman–Crippen LogP) is 2.64. The number of likely N-dealkylation sites (tertiary alicyclic amines) is 1. The molecule has 1 aliphatic rings. The summed E-state index contributed by atoms with van der Waals surface area (Å²) in [6, 6.07) is 5.13. The van der Waals surface area contributed by atoms with Gasteiger partial charge in [-0.1, -0.05) is 12.5 Å². The average Bonchev–Trinajstić information content (AvgIpc) is 2.49. The monoisotopic (exact) mass is 301 g/mol. The van der Waals surface area contributed by atoms with E-state index in [0.29, 0.717) is 12.3 Å². The largest absolute Gasteiger partial charge is 0.493 e. The third-order valence-corrected chi connectivity index (χ3v) is 3.79. The molecule has 1 N–H and O–H groups in total. The summed E-state index contributed by atoms with van der Waals surface area (Å²) in [5.41, 5.74) is 0.953. The van der Waals surface area contributed by atoms with Crippen LogP contribution >= 0.6 is 0 Å². The van der Waals surface area contributed by atoms with E-state index >= 15 is 0 Å². The van der Waals surface area contributed by atoms with Crippen molar-refractivity contribution in [2.75, 3.05) is 20.3 Å². The Kier molecular flexibility index (Phi) is 5.76. The molecule has 21 heavy (non-hydrogen) atoms. The van der Waals surface area contributed by atoms with Crippen molar-refractivity contribution in [3.05, 3.63) is 23.8 Å². The molecule has 0 radical (unpaired) electrons. The van der Waals surface area contributed by atoms with Crippen LogP contribution in [0.25, 0.3) is 0 Å². The van der Waals surface area contributed by atoms with Gasteiger partial charge in [-0.05, 0) is 37.1 Å². The maximum absolute atomic E-state index is 12.3. The molecule has 1 unspecified atom stereocenters. The summed E-state index contributed by atoms with van der Waals surface area (Å²) < 4.78 is 34.1. The van der Waals surface area contributed by atoms with Gasteiger partial charge in [0.2, 0.25) is 0 Å². The standard InChI is InChI=1S/C15H21F2NO3/c1-20-14-8-11(5-6-13(14)21-15(16)17)9-18-7-3-2-4-12(18)10-19/h5-6,8,12,15,19H,2-4,7,9-10H2,1H3. The summed E-state index contributed by atoms with van der Waals surface area (Å²) in [6.45, 7) is -1.13. The van der Waals surface area contributed by atoms with Gasteiger partial charge in [0.15, 0.2) is 11.5 Å². The second-order valence-corrected chi connectivity index (χ2v) is 5.17. The van der Waals surface area contributed by atoms with Gasteiger partial charge in [0, 0.05) is 12.6 Å². The summed E-state index contributed by atoms with van der Waals surface area (Å²) in [7, 11) is 1.43. The van der Waals surface area contributed by atoms with E-state index in [1.165, 1.54) is 13.2 Å². The van der Waals surface area contributed by atoms with Gasteiger partial charge >= 0.3 is 6.61 Å². The summed E-state index contributed by atoms with van der Waals surface area (Å²) in [5.74, 6) is 0.332. The molecule has 118 valence electrons. The fraction of sp³-hybridized carbons (Fsp3) is 0.600. The van der Waals surface area contributed by atoms with Crippen molar-refractivity contribution in [3.8, 4) is 11.5 Å². The van der Waals surface area contributed by atoms with Crippen molar-refractivity contribution in [2.24, 2.45) is 0 Å². The molecule has 0 amide bonds. The minimum atomic E-state index is -2.87. The fourth-order valence-corrected chi connectivity index (χ4v) is 2.71. The molecule has 0 aliphatic carbocycles. The third kappa shape index (κ3) is 4.28. The Morgan fingerprint density at radius 2 is 2.14 bits per heavy atom. The van der Waals surface area contributed by atoms with Crippen LogP contribution in [0.3, 0.4) is 0 Å². The molecule has 0 bridgehead atoms. The van der Waals surface area contributed by atoms with Crippen LogP contribution in [0.1, 0.15) is 24.8 Å². The Balaban J connectivity index is 2.09. The van der Waals surface area contributed by atoms with E-state index in [9.17, 15) is 13.9 Å². The number of aliphatic hydroxyl groups excluding tert-OH is 1. The first kappa shape index (κ1) is 16.0. The number of benzene rings is 1. The maximum atomic E-state index is 12.3. The summed E-state index contributed by atoms with van der Waals surface area (Å²) in [5, 5.41) is 9.41. The SMILES string of the molecule is COc1cc(CN2CCCCC2CO)ccc1OC(F)F. The second kappa shape index (κ2) is 7.56. The summed E-state index contributed by atoms with van der Waals surface area (Å²) >= 11 is 0. The van der Waals surface area contributed by atoms with E-state index in [1.807, 2.05) is 0 Å². The molecule has 0 saturated carbocycles. The Morgan fingerprint density at radius 1 is 1.33 bits per heavy atom. The lowest BCUT2D eigenvalue weighted by Crippen LogP contribution is -2.41. The number of rotatable bonds is 6. The molecule has 1 heterocycles. The molecule has 2 rings (SSSR count). The Labute approximate surface area is 123 Å². The Morgan fingerprint density at radius 3 is 2.81 bits per heavy atom. The quantitative estimate of drug-likeness (QED) is 0.877. The fourth-order valence-electron chi connectivity index (χ4n) is 2.71. The Hall–Kier alpha value is -1.40. The highest BCUT2D eigenvalue weighted by Crippen LogP contribution is 2.30. The van der Waals surface area contributed by atoms with Gasteiger partial charge in [0.25, 0.3) is 0 Å². The van der Waals surface area contributed by atoms with Crippen LogP contribution in [0.5, 0.6) is 11.5 Å². The molecule has 0 spiro atoms. The molecule has 6 heteroatoms. The maximum Gasteiger partial charge on any atom is 0.387 e. The van der Waals surface area contributed by atoms with Crippen molar-refractivity contribution in [1.29, 1.82) is 0 Å². The van der Waals surface area contributed by atoms with E-state index in [2.05, 4.69) is 9.64 Å². The Bertz CT molecular complexity index is 457.